The zero-order valence-corrected chi connectivity index (χ0v) is 14.9. The van der Waals surface area contributed by atoms with E-state index < -0.39 is 0 Å². The third kappa shape index (κ3) is 2.53. The van der Waals surface area contributed by atoms with Crippen LogP contribution in [0.1, 0.15) is 0 Å². The number of benzene rings is 2. The maximum Gasteiger partial charge on any atom is 0.134 e. The summed E-state index contributed by atoms with van der Waals surface area (Å²) in [5.74, 6) is 0.908. The van der Waals surface area contributed by atoms with Gasteiger partial charge in [0.1, 0.15) is 5.76 Å². The molecule has 3 heterocycles. The van der Waals surface area contributed by atoms with Crippen molar-refractivity contribution in [2.75, 3.05) is 0 Å². The van der Waals surface area contributed by atoms with E-state index in [2.05, 4.69) is 66.0 Å². The molecule has 0 saturated carbocycles. The van der Waals surface area contributed by atoms with Gasteiger partial charge in [0.25, 0.3) is 0 Å². The van der Waals surface area contributed by atoms with Gasteiger partial charge in [0.05, 0.1) is 6.26 Å². The number of fused-ring (bicyclic) bond motifs is 1. The van der Waals surface area contributed by atoms with E-state index in [9.17, 15) is 0 Å². The number of hydrogen-bond donors (Lipinski definition) is 0. The standard InChI is InChI=1S/C22H14OS2/c1-2-10-19-15(6-1)14-21(25-19)22-16(18-9-4-12-23-18)7-3-8-17(22)20-11-5-13-24-20/h1-14H. The van der Waals surface area contributed by atoms with Gasteiger partial charge in [-0.05, 0) is 41.1 Å². The predicted molar refractivity (Wildman–Crippen MR) is 108 cm³/mol. The van der Waals surface area contributed by atoms with Gasteiger partial charge in [-0.3, -0.25) is 0 Å². The molecule has 5 rings (SSSR count). The quantitative estimate of drug-likeness (QED) is 0.324. The molecule has 3 aromatic heterocycles. The lowest BCUT2D eigenvalue weighted by Gasteiger charge is -2.11. The van der Waals surface area contributed by atoms with Gasteiger partial charge in [0.2, 0.25) is 0 Å². The first-order chi connectivity index (χ1) is 12.4. The van der Waals surface area contributed by atoms with Gasteiger partial charge in [-0.1, -0.05) is 42.5 Å². The van der Waals surface area contributed by atoms with Crippen molar-refractivity contribution in [2.45, 2.75) is 0 Å². The molecule has 0 aliphatic carbocycles. The molecule has 0 saturated heterocycles. The highest BCUT2D eigenvalue weighted by molar-refractivity contribution is 7.22. The lowest BCUT2D eigenvalue weighted by molar-refractivity contribution is 0.582. The van der Waals surface area contributed by atoms with Crippen LogP contribution in [-0.4, -0.2) is 0 Å². The van der Waals surface area contributed by atoms with Gasteiger partial charge in [0.15, 0.2) is 0 Å². The maximum absolute atomic E-state index is 5.74. The third-order valence-corrected chi connectivity index (χ3v) is 6.35. The minimum atomic E-state index is 0.908. The third-order valence-electron chi connectivity index (χ3n) is 4.31. The van der Waals surface area contributed by atoms with Crippen molar-refractivity contribution < 1.29 is 4.42 Å². The van der Waals surface area contributed by atoms with E-state index in [4.69, 9.17) is 4.42 Å². The molecular formula is C22H14OS2. The Morgan fingerprint density at radius 3 is 2.44 bits per heavy atom. The van der Waals surface area contributed by atoms with Gasteiger partial charge >= 0.3 is 0 Å². The fraction of sp³-hybridized carbons (Fsp3) is 0. The number of furan rings is 1. The molecule has 1 nitrogen and oxygen atoms in total. The molecule has 2 aromatic carbocycles. The van der Waals surface area contributed by atoms with Gasteiger partial charge in [0, 0.05) is 31.1 Å². The molecule has 120 valence electrons. The minimum Gasteiger partial charge on any atom is -0.464 e. The van der Waals surface area contributed by atoms with E-state index in [1.165, 1.54) is 31.0 Å². The first kappa shape index (κ1) is 14.7. The Bertz CT molecular complexity index is 1050. The van der Waals surface area contributed by atoms with Crippen LogP contribution in [0.5, 0.6) is 0 Å². The largest absolute Gasteiger partial charge is 0.464 e. The van der Waals surface area contributed by atoms with Crippen molar-refractivity contribution >= 4 is 32.8 Å². The summed E-state index contributed by atoms with van der Waals surface area (Å²) in [7, 11) is 0. The summed E-state index contributed by atoms with van der Waals surface area (Å²) < 4.78 is 7.05. The van der Waals surface area contributed by atoms with E-state index >= 15 is 0 Å². The molecule has 25 heavy (non-hydrogen) atoms. The number of hydrogen-bond acceptors (Lipinski definition) is 3. The van der Waals surface area contributed by atoms with E-state index in [-0.39, 0.29) is 0 Å². The molecule has 0 amide bonds. The van der Waals surface area contributed by atoms with Crippen molar-refractivity contribution in [3.05, 3.63) is 84.4 Å². The van der Waals surface area contributed by atoms with Gasteiger partial charge in [-0.25, -0.2) is 0 Å². The SMILES string of the molecule is c1coc(-c2cccc(-c3cccs3)c2-c2cc3ccccc3s2)c1. The molecule has 0 aliphatic rings. The Labute approximate surface area is 153 Å². The Hall–Kier alpha value is -2.62. The maximum atomic E-state index is 5.74. The Kier molecular flexibility index (Phi) is 3.54. The Morgan fingerprint density at radius 1 is 0.720 bits per heavy atom. The molecule has 0 radical (unpaired) electrons. The van der Waals surface area contributed by atoms with Crippen molar-refractivity contribution in [1.29, 1.82) is 0 Å². The highest BCUT2D eigenvalue weighted by atomic mass is 32.1. The van der Waals surface area contributed by atoms with Crippen molar-refractivity contribution in [2.24, 2.45) is 0 Å². The normalized spacial score (nSPS) is 11.2. The zero-order valence-electron chi connectivity index (χ0n) is 13.3. The lowest BCUT2D eigenvalue weighted by atomic mass is 9.96. The summed E-state index contributed by atoms with van der Waals surface area (Å²) >= 11 is 3.61. The van der Waals surface area contributed by atoms with Crippen molar-refractivity contribution in [3.63, 3.8) is 0 Å². The molecule has 0 bridgehead atoms. The molecule has 5 aromatic rings. The smallest absolute Gasteiger partial charge is 0.134 e. The molecule has 3 heteroatoms. The first-order valence-electron chi connectivity index (χ1n) is 8.10. The zero-order chi connectivity index (χ0) is 16.6. The molecule has 0 unspecified atom stereocenters. The second-order valence-electron chi connectivity index (χ2n) is 5.83. The molecule has 0 spiro atoms. The summed E-state index contributed by atoms with van der Waals surface area (Å²) in [6.45, 7) is 0. The molecular weight excluding hydrogens is 344 g/mol. The highest BCUT2D eigenvalue weighted by Gasteiger charge is 2.17. The van der Waals surface area contributed by atoms with Crippen molar-refractivity contribution in [1.82, 2.24) is 0 Å². The summed E-state index contributed by atoms with van der Waals surface area (Å²) in [6, 6.07) is 25.6. The number of rotatable bonds is 3. The van der Waals surface area contributed by atoms with Crippen LogP contribution in [0.25, 0.3) is 42.3 Å². The van der Waals surface area contributed by atoms with Gasteiger partial charge < -0.3 is 4.42 Å². The fourth-order valence-electron chi connectivity index (χ4n) is 3.20. The van der Waals surface area contributed by atoms with E-state index in [0.717, 1.165) is 11.3 Å². The monoisotopic (exact) mass is 358 g/mol. The number of thiophene rings is 2. The van der Waals surface area contributed by atoms with Crippen molar-refractivity contribution in [3.8, 4) is 32.2 Å². The van der Waals surface area contributed by atoms with Crippen LogP contribution in [0.2, 0.25) is 0 Å². The highest BCUT2D eigenvalue weighted by Crippen LogP contribution is 2.45. The minimum absolute atomic E-state index is 0.908. The average Bonchev–Trinajstić information content (AvgIpc) is 3.42. The molecule has 0 aliphatic heterocycles. The summed E-state index contributed by atoms with van der Waals surface area (Å²) in [6.07, 6.45) is 1.74. The van der Waals surface area contributed by atoms with E-state index in [1.807, 2.05) is 23.5 Å². The van der Waals surface area contributed by atoms with Gasteiger partial charge in [-0.2, -0.15) is 0 Å². The molecule has 0 atom stereocenters. The van der Waals surface area contributed by atoms with Crippen LogP contribution in [0.15, 0.2) is 88.9 Å². The predicted octanol–water partition coefficient (Wildman–Crippen LogP) is 7.56. The van der Waals surface area contributed by atoms with Crippen LogP contribution in [-0.2, 0) is 0 Å². The molecule has 0 fully saturated rings. The summed E-state index contributed by atoms with van der Waals surface area (Å²) in [5, 5.41) is 3.41. The fourth-order valence-corrected chi connectivity index (χ4v) is 5.09. The second-order valence-corrected chi connectivity index (χ2v) is 7.86. The van der Waals surface area contributed by atoms with Crippen LogP contribution in [0.4, 0.5) is 0 Å². The molecule has 0 N–H and O–H groups in total. The van der Waals surface area contributed by atoms with Crippen LogP contribution in [0.3, 0.4) is 0 Å². The second kappa shape index (κ2) is 6.03. The van der Waals surface area contributed by atoms with E-state index in [0.29, 0.717) is 0 Å². The average molecular weight is 358 g/mol. The first-order valence-corrected chi connectivity index (χ1v) is 9.79. The topological polar surface area (TPSA) is 13.1 Å². The van der Waals surface area contributed by atoms with Crippen LogP contribution < -0.4 is 0 Å². The van der Waals surface area contributed by atoms with Crippen LogP contribution >= 0.6 is 22.7 Å². The van der Waals surface area contributed by atoms with Crippen LogP contribution in [0, 0.1) is 0 Å². The van der Waals surface area contributed by atoms with E-state index in [1.54, 1.807) is 17.6 Å². The summed E-state index contributed by atoms with van der Waals surface area (Å²) in [5.41, 5.74) is 3.65. The lowest BCUT2D eigenvalue weighted by Crippen LogP contribution is -1.86. The van der Waals surface area contributed by atoms with Gasteiger partial charge in [-0.15, -0.1) is 22.7 Å². The Morgan fingerprint density at radius 2 is 1.64 bits per heavy atom. The Balaban J connectivity index is 1.83. The summed E-state index contributed by atoms with van der Waals surface area (Å²) in [4.78, 5) is 2.55.